The number of benzene rings is 3. The molecule has 190 valence electrons. The van der Waals surface area contributed by atoms with Crippen LogP contribution in [0.2, 0.25) is 10.0 Å². The number of carbonyl (C=O) groups is 2. The summed E-state index contributed by atoms with van der Waals surface area (Å²) < 4.78 is 0. The minimum absolute atomic E-state index is 0.0614. The first kappa shape index (κ1) is 27.8. The summed E-state index contributed by atoms with van der Waals surface area (Å²) in [6.45, 7) is 6.09. The van der Waals surface area contributed by atoms with Crippen LogP contribution >= 0.6 is 23.2 Å². The predicted octanol–water partition coefficient (Wildman–Crippen LogP) is 6.65. The Bertz CT molecular complexity index is 1130. The molecule has 0 unspecified atom stereocenters. The van der Waals surface area contributed by atoms with Crippen molar-refractivity contribution in [2.75, 3.05) is 0 Å². The SMILES string of the molecule is CCc1ccc(CCC(=O)N(Cc2c(Cl)cccc2Cl)[C@H](Cc2ccccc2)C(=O)NC(C)C)cc1. The van der Waals surface area contributed by atoms with Crippen LogP contribution in [-0.4, -0.2) is 28.8 Å². The summed E-state index contributed by atoms with van der Waals surface area (Å²) in [6.07, 6.45) is 2.21. The van der Waals surface area contributed by atoms with Gasteiger partial charge in [-0.2, -0.15) is 0 Å². The number of hydrogen-bond donors (Lipinski definition) is 1. The van der Waals surface area contributed by atoms with E-state index in [1.54, 1.807) is 23.1 Å². The van der Waals surface area contributed by atoms with E-state index in [0.29, 0.717) is 28.5 Å². The number of nitrogens with one attached hydrogen (secondary N) is 1. The van der Waals surface area contributed by atoms with Crippen molar-refractivity contribution < 1.29 is 9.59 Å². The first-order valence-corrected chi connectivity index (χ1v) is 13.2. The van der Waals surface area contributed by atoms with E-state index in [4.69, 9.17) is 23.2 Å². The average Bonchev–Trinajstić information content (AvgIpc) is 2.86. The van der Waals surface area contributed by atoms with Gasteiger partial charge in [-0.25, -0.2) is 0 Å². The molecular formula is C30H34Cl2N2O2. The summed E-state index contributed by atoms with van der Waals surface area (Å²) in [4.78, 5) is 28.8. The van der Waals surface area contributed by atoms with Crippen LogP contribution < -0.4 is 5.32 Å². The van der Waals surface area contributed by atoms with Crippen molar-refractivity contribution >= 4 is 35.0 Å². The summed E-state index contributed by atoms with van der Waals surface area (Å²) in [5.74, 6) is -0.317. The molecule has 0 saturated carbocycles. The minimum atomic E-state index is -0.711. The summed E-state index contributed by atoms with van der Waals surface area (Å²) in [7, 11) is 0. The van der Waals surface area contributed by atoms with E-state index in [0.717, 1.165) is 17.5 Å². The molecule has 0 heterocycles. The fourth-order valence-corrected chi connectivity index (χ4v) is 4.64. The van der Waals surface area contributed by atoms with Gasteiger partial charge in [0.05, 0.1) is 0 Å². The Morgan fingerprint density at radius 3 is 2.03 bits per heavy atom. The molecule has 2 amide bonds. The second kappa shape index (κ2) is 13.5. The molecule has 0 saturated heterocycles. The third kappa shape index (κ3) is 7.84. The highest BCUT2D eigenvalue weighted by Gasteiger charge is 2.31. The van der Waals surface area contributed by atoms with Crippen molar-refractivity contribution in [3.8, 4) is 0 Å². The lowest BCUT2D eigenvalue weighted by atomic mass is 10.0. The Hall–Kier alpha value is -2.82. The van der Waals surface area contributed by atoms with Crippen molar-refractivity contribution in [1.82, 2.24) is 10.2 Å². The summed E-state index contributed by atoms with van der Waals surface area (Å²) >= 11 is 13.0. The molecule has 3 aromatic rings. The zero-order chi connectivity index (χ0) is 26.1. The third-order valence-corrected chi connectivity index (χ3v) is 6.86. The Morgan fingerprint density at radius 1 is 0.833 bits per heavy atom. The third-order valence-electron chi connectivity index (χ3n) is 6.15. The van der Waals surface area contributed by atoms with Gasteiger partial charge in [0.25, 0.3) is 0 Å². The van der Waals surface area contributed by atoms with E-state index >= 15 is 0 Å². The van der Waals surface area contributed by atoms with Crippen LogP contribution in [0, 0.1) is 0 Å². The molecule has 0 fully saturated rings. The van der Waals surface area contributed by atoms with Gasteiger partial charge in [-0.3, -0.25) is 9.59 Å². The van der Waals surface area contributed by atoms with Crippen LogP contribution in [0.3, 0.4) is 0 Å². The lowest BCUT2D eigenvalue weighted by Crippen LogP contribution is -2.51. The molecule has 1 atom stereocenters. The van der Waals surface area contributed by atoms with Gasteiger partial charge >= 0.3 is 0 Å². The molecule has 36 heavy (non-hydrogen) atoms. The van der Waals surface area contributed by atoms with Crippen molar-refractivity contribution in [3.05, 3.63) is 105 Å². The van der Waals surface area contributed by atoms with Gasteiger partial charge in [0.1, 0.15) is 6.04 Å². The topological polar surface area (TPSA) is 49.4 Å². The smallest absolute Gasteiger partial charge is 0.243 e. The molecule has 0 spiro atoms. The monoisotopic (exact) mass is 524 g/mol. The van der Waals surface area contributed by atoms with Crippen LogP contribution in [0.5, 0.6) is 0 Å². The number of amides is 2. The van der Waals surface area contributed by atoms with E-state index < -0.39 is 6.04 Å². The van der Waals surface area contributed by atoms with E-state index in [-0.39, 0.29) is 30.8 Å². The Morgan fingerprint density at radius 2 is 1.44 bits per heavy atom. The summed E-state index contributed by atoms with van der Waals surface area (Å²) in [5, 5.41) is 3.94. The van der Waals surface area contributed by atoms with Gasteiger partial charge < -0.3 is 10.2 Å². The lowest BCUT2D eigenvalue weighted by molar-refractivity contribution is -0.141. The lowest BCUT2D eigenvalue weighted by Gasteiger charge is -2.32. The fraction of sp³-hybridized carbons (Fsp3) is 0.333. The predicted molar refractivity (Wildman–Crippen MR) is 148 cm³/mol. The van der Waals surface area contributed by atoms with Crippen molar-refractivity contribution in [3.63, 3.8) is 0 Å². The van der Waals surface area contributed by atoms with Gasteiger partial charge in [0.15, 0.2) is 0 Å². The fourth-order valence-electron chi connectivity index (χ4n) is 4.12. The zero-order valence-corrected chi connectivity index (χ0v) is 22.6. The summed E-state index contributed by atoms with van der Waals surface area (Å²) in [5.41, 5.74) is 3.95. The van der Waals surface area contributed by atoms with Gasteiger partial charge in [-0.05, 0) is 55.5 Å². The second-order valence-electron chi connectivity index (χ2n) is 9.26. The number of halogens is 2. The van der Waals surface area contributed by atoms with Gasteiger partial charge in [-0.15, -0.1) is 0 Å². The number of aryl methyl sites for hydroxylation is 2. The molecule has 0 aromatic heterocycles. The van der Waals surface area contributed by atoms with Crippen LogP contribution in [0.4, 0.5) is 0 Å². The molecule has 1 N–H and O–H groups in total. The Labute approximate surface area is 224 Å². The van der Waals surface area contributed by atoms with Crippen LogP contribution in [0.25, 0.3) is 0 Å². The number of hydrogen-bond acceptors (Lipinski definition) is 2. The molecule has 3 aromatic carbocycles. The highest BCUT2D eigenvalue weighted by atomic mass is 35.5. The molecule has 3 rings (SSSR count). The normalized spacial score (nSPS) is 11.8. The first-order chi connectivity index (χ1) is 17.3. The molecule has 4 nitrogen and oxygen atoms in total. The van der Waals surface area contributed by atoms with E-state index in [9.17, 15) is 9.59 Å². The quantitative estimate of drug-likeness (QED) is 0.305. The molecule has 0 aliphatic carbocycles. The number of carbonyl (C=O) groups excluding carboxylic acids is 2. The van der Waals surface area contributed by atoms with E-state index in [1.807, 2.05) is 44.2 Å². The van der Waals surface area contributed by atoms with E-state index in [1.165, 1.54) is 5.56 Å². The molecule has 0 radical (unpaired) electrons. The van der Waals surface area contributed by atoms with E-state index in [2.05, 4.69) is 36.5 Å². The van der Waals surface area contributed by atoms with Crippen LogP contribution in [0.1, 0.15) is 49.4 Å². The highest BCUT2D eigenvalue weighted by molar-refractivity contribution is 6.36. The molecule has 6 heteroatoms. The Kier molecular flexibility index (Phi) is 10.4. The average molecular weight is 526 g/mol. The van der Waals surface area contributed by atoms with Crippen LogP contribution in [0.15, 0.2) is 72.8 Å². The highest BCUT2D eigenvalue weighted by Crippen LogP contribution is 2.27. The minimum Gasteiger partial charge on any atom is -0.352 e. The van der Waals surface area contributed by atoms with Crippen molar-refractivity contribution in [2.45, 2.75) is 65.1 Å². The van der Waals surface area contributed by atoms with Crippen molar-refractivity contribution in [2.24, 2.45) is 0 Å². The molecule has 0 aliphatic heterocycles. The van der Waals surface area contributed by atoms with Crippen molar-refractivity contribution in [1.29, 1.82) is 0 Å². The number of nitrogens with zero attached hydrogens (tertiary/aromatic N) is 1. The zero-order valence-electron chi connectivity index (χ0n) is 21.1. The van der Waals surface area contributed by atoms with Gasteiger partial charge in [0, 0.05) is 41.0 Å². The van der Waals surface area contributed by atoms with Crippen LogP contribution in [-0.2, 0) is 35.4 Å². The number of rotatable bonds is 11. The first-order valence-electron chi connectivity index (χ1n) is 12.4. The van der Waals surface area contributed by atoms with Gasteiger partial charge in [-0.1, -0.05) is 90.8 Å². The Balaban J connectivity index is 1.93. The summed E-state index contributed by atoms with van der Waals surface area (Å²) in [6, 6.07) is 22.6. The maximum atomic E-state index is 13.7. The molecule has 0 aliphatic rings. The maximum absolute atomic E-state index is 13.7. The second-order valence-corrected chi connectivity index (χ2v) is 10.1. The van der Waals surface area contributed by atoms with Gasteiger partial charge in [0.2, 0.25) is 11.8 Å². The largest absolute Gasteiger partial charge is 0.352 e. The standard InChI is InChI=1S/C30H34Cl2N2O2/c1-4-22-13-15-23(16-14-22)17-18-29(35)34(20-25-26(31)11-8-12-27(25)32)28(30(36)33-21(2)3)19-24-9-6-5-7-10-24/h5-16,21,28H,4,17-20H2,1-3H3,(H,33,36)/t28-/m1/s1. The molecular weight excluding hydrogens is 491 g/mol. The molecule has 0 bridgehead atoms. The maximum Gasteiger partial charge on any atom is 0.243 e.